The number of nitriles is 1. The van der Waals surface area contributed by atoms with E-state index in [4.69, 9.17) is 19.2 Å². The van der Waals surface area contributed by atoms with E-state index >= 15 is 0 Å². The van der Waals surface area contributed by atoms with E-state index in [1.54, 1.807) is 6.07 Å². The number of benzene rings is 4. The number of rotatable bonds is 7. The minimum absolute atomic E-state index is 0. The molecule has 0 heterocycles. The van der Waals surface area contributed by atoms with Gasteiger partial charge >= 0.3 is 33.9 Å². The predicted octanol–water partition coefficient (Wildman–Crippen LogP) is 5.67. The molecule has 0 saturated heterocycles. The molecule has 4 aromatic rings. The molecule has 190 valence electrons. The molecular weight excluding hydrogens is 592 g/mol. The van der Waals surface area contributed by atoms with Gasteiger partial charge in [-0.15, -0.1) is 0 Å². The number of hydrogen-bond acceptors (Lipinski definition) is 1. The standard InChI is InChI=1S/C26H24P2.C2H3N.3CO.Mo/c1-5-13-23(14-6-1)27(24-15-7-2-8-16-24)21-22-28(25-17-9-3-10-18-25)26-19-11-4-12-20-26;1-2-3;3*1-2;/h1-20H,21-22H2;1H3;;;;. The zero-order valence-corrected chi connectivity index (χ0v) is 24.7. The molecule has 0 unspecified atom stereocenters. The van der Waals surface area contributed by atoms with Gasteiger partial charge in [0.25, 0.3) is 0 Å². The molecule has 0 aromatic heterocycles. The molecule has 0 aliphatic heterocycles. The van der Waals surface area contributed by atoms with Crippen molar-refractivity contribution in [3.63, 3.8) is 0 Å². The summed E-state index contributed by atoms with van der Waals surface area (Å²) in [6, 6.07) is 46.0. The zero-order chi connectivity index (χ0) is 27.7. The average molecular weight is 619 g/mol. The van der Waals surface area contributed by atoms with Crippen LogP contribution in [0.4, 0.5) is 0 Å². The van der Waals surface area contributed by atoms with Crippen LogP contribution < -0.4 is 21.2 Å². The Hall–Kier alpha value is -2.86. The SMILES string of the molecule is CC#N.[C-]#[O+].[C-]#[O+].[C-]#[O+].[Mo].c1ccc(P(CCP(c2ccccc2)c2ccccc2)c2ccccc2)cc1. The third-order valence-electron chi connectivity index (χ3n) is 4.82. The Labute approximate surface area is 243 Å². The van der Waals surface area contributed by atoms with E-state index in [-0.39, 0.29) is 36.9 Å². The van der Waals surface area contributed by atoms with Crippen LogP contribution in [-0.4, -0.2) is 12.3 Å². The zero-order valence-electron chi connectivity index (χ0n) is 20.9. The van der Waals surface area contributed by atoms with Crippen molar-refractivity contribution in [1.29, 1.82) is 5.26 Å². The third-order valence-corrected chi connectivity index (χ3v) is 10.2. The van der Waals surface area contributed by atoms with Gasteiger partial charge in [-0.1, -0.05) is 121 Å². The quantitative estimate of drug-likeness (QED) is 0.114. The normalized spacial score (nSPS) is 8.53. The second-order valence-corrected chi connectivity index (χ2v) is 11.5. The van der Waals surface area contributed by atoms with Crippen molar-refractivity contribution in [2.45, 2.75) is 6.92 Å². The second kappa shape index (κ2) is 25.8. The predicted molar refractivity (Wildman–Crippen MR) is 151 cm³/mol. The molecular formula is C31H27MoNO3P2. The third kappa shape index (κ3) is 13.6. The molecule has 0 aliphatic carbocycles. The van der Waals surface area contributed by atoms with Gasteiger partial charge in [-0.2, -0.15) is 5.26 Å². The summed E-state index contributed by atoms with van der Waals surface area (Å²) >= 11 is 0. The Kier molecular flexibility index (Phi) is 25.3. The van der Waals surface area contributed by atoms with Gasteiger partial charge in [-0.25, -0.2) is 0 Å². The second-order valence-electron chi connectivity index (χ2n) is 6.87. The van der Waals surface area contributed by atoms with Gasteiger partial charge in [0.1, 0.15) is 0 Å². The topological polar surface area (TPSA) is 83.5 Å². The molecule has 0 spiro atoms. The summed E-state index contributed by atoms with van der Waals surface area (Å²) in [6.45, 7) is 14.9. The van der Waals surface area contributed by atoms with Crippen molar-refractivity contribution in [3.05, 3.63) is 141 Å². The van der Waals surface area contributed by atoms with Crippen LogP contribution in [0.3, 0.4) is 0 Å². The first-order valence-electron chi connectivity index (χ1n) is 11.0. The Balaban J connectivity index is 0. The van der Waals surface area contributed by atoms with Gasteiger partial charge in [0, 0.05) is 28.0 Å². The molecule has 0 N–H and O–H groups in total. The minimum atomic E-state index is -0.348. The van der Waals surface area contributed by atoms with Gasteiger partial charge in [0.15, 0.2) is 0 Å². The first kappa shape index (κ1) is 37.3. The first-order chi connectivity index (χ1) is 18.3. The summed E-state index contributed by atoms with van der Waals surface area (Å²) < 4.78 is 22.5. The number of nitrogens with zero attached hydrogens (tertiary/aromatic N) is 1. The van der Waals surface area contributed by atoms with Crippen LogP contribution in [0, 0.1) is 31.3 Å². The van der Waals surface area contributed by atoms with E-state index in [0.29, 0.717) is 0 Å². The molecule has 38 heavy (non-hydrogen) atoms. The summed E-state index contributed by atoms with van der Waals surface area (Å²) in [5.41, 5.74) is 0. The molecule has 0 fully saturated rings. The number of hydrogen-bond donors (Lipinski definition) is 0. The van der Waals surface area contributed by atoms with Crippen LogP contribution in [-0.2, 0) is 35.0 Å². The summed E-state index contributed by atoms with van der Waals surface area (Å²) in [5.74, 6) is 0. The van der Waals surface area contributed by atoms with E-state index in [0.717, 1.165) is 0 Å². The summed E-state index contributed by atoms with van der Waals surface area (Å²) in [5, 5.41) is 13.2. The molecule has 0 saturated carbocycles. The van der Waals surface area contributed by atoms with E-state index in [2.05, 4.69) is 141 Å². The Morgan fingerprint density at radius 2 is 0.658 bits per heavy atom. The molecule has 4 nitrogen and oxygen atoms in total. The van der Waals surface area contributed by atoms with Crippen LogP contribution in [0.15, 0.2) is 121 Å². The fourth-order valence-electron chi connectivity index (χ4n) is 3.45. The molecule has 7 heteroatoms. The Morgan fingerprint density at radius 3 is 0.816 bits per heavy atom. The van der Waals surface area contributed by atoms with Gasteiger partial charge in [-0.3, -0.25) is 0 Å². The first-order valence-corrected chi connectivity index (χ1v) is 14.1. The van der Waals surface area contributed by atoms with Crippen molar-refractivity contribution in [3.8, 4) is 6.07 Å². The van der Waals surface area contributed by atoms with Crippen molar-refractivity contribution < 1.29 is 35.0 Å². The van der Waals surface area contributed by atoms with Gasteiger partial charge in [-0.05, 0) is 49.4 Å². The van der Waals surface area contributed by atoms with Gasteiger partial charge in [0.2, 0.25) is 0 Å². The van der Waals surface area contributed by atoms with E-state index in [1.165, 1.54) is 40.5 Å². The fraction of sp³-hybridized carbons (Fsp3) is 0.0968. The summed E-state index contributed by atoms with van der Waals surface area (Å²) in [4.78, 5) is 0. The fourth-order valence-corrected chi connectivity index (χ4v) is 8.80. The van der Waals surface area contributed by atoms with Crippen LogP contribution in [0.1, 0.15) is 6.92 Å². The summed E-state index contributed by atoms with van der Waals surface area (Å²) in [6.07, 6.45) is 2.41. The summed E-state index contributed by atoms with van der Waals surface area (Å²) in [7, 11) is -0.696. The van der Waals surface area contributed by atoms with Crippen molar-refractivity contribution in [1.82, 2.24) is 0 Å². The van der Waals surface area contributed by atoms with E-state index in [1.807, 2.05) is 0 Å². The maximum atomic E-state index is 7.50. The smallest absolute Gasteiger partial charge is 0 e. The molecule has 4 aromatic carbocycles. The van der Waals surface area contributed by atoms with Crippen LogP contribution in [0.5, 0.6) is 0 Å². The van der Waals surface area contributed by atoms with Crippen LogP contribution >= 0.6 is 15.8 Å². The largest absolute Gasteiger partial charge is 0.0622 e. The molecule has 0 amide bonds. The van der Waals surface area contributed by atoms with Gasteiger partial charge in [0.05, 0.1) is 6.07 Å². The monoisotopic (exact) mass is 621 g/mol. The molecule has 0 bridgehead atoms. The maximum absolute atomic E-state index is 7.50. The van der Waals surface area contributed by atoms with Crippen LogP contribution in [0.2, 0.25) is 0 Å². The van der Waals surface area contributed by atoms with E-state index in [9.17, 15) is 0 Å². The molecule has 0 atom stereocenters. The molecule has 0 aliphatic rings. The minimum Gasteiger partial charge on any atom is -0.0622 e. The average Bonchev–Trinajstić information content (AvgIpc) is 3.01. The van der Waals surface area contributed by atoms with Crippen molar-refractivity contribution >= 4 is 37.1 Å². The Morgan fingerprint density at radius 1 is 0.500 bits per heavy atom. The van der Waals surface area contributed by atoms with Crippen LogP contribution in [0.25, 0.3) is 0 Å². The van der Waals surface area contributed by atoms with Crippen molar-refractivity contribution in [2.24, 2.45) is 0 Å². The molecule has 0 radical (unpaired) electrons. The maximum Gasteiger partial charge on any atom is 0 e. The molecule has 4 rings (SSSR count). The van der Waals surface area contributed by atoms with Gasteiger partial charge < -0.3 is 0 Å². The van der Waals surface area contributed by atoms with Crippen molar-refractivity contribution in [2.75, 3.05) is 12.3 Å². The Bertz CT molecular complexity index is 1020. The van der Waals surface area contributed by atoms with E-state index < -0.39 is 0 Å².